The van der Waals surface area contributed by atoms with Gasteiger partial charge >= 0.3 is 0 Å². The molecule has 1 aromatic carbocycles. The van der Waals surface area contributed by atoms with Crippen molar-refractivity contribution in [3.05, 3.63) is 24.3 Å². The largest absolute Gasteiger partial charge is 0.396 e. The van der Waals surface area contributed by atoms with E-state index < -0.39 is 0 Å². The van der Waals surface area contributed by atoms with E-state index in [1.54, 1.807) is 0 Å². The molecule has 2 N–H and O–H groups in total. The van der Waals surface area contributed by atoms with Crippen LogP contribution in [0, 0.1) is 17.8 Å². The summed E-state index contributed by atoms with van der Waals surface area (Å²) in [6.07, 6.45) is 7.71. The number of hydrogen-bond acceptors (Lipinski definition) is 3. The summed E-state index contributed by atoms with van der Waals surface area (Å²) in [5, 5.41) is 13.1. The van der Waals surface area contributed by atoms with Gasteiger partial charge in [-0.15, -0.1) is 0 Å². The second-order valence-electron chi connectivity index (χ2n) is 7.61. The monoisotopic (exact) mass is 316 g/mol. The average Bonchev–Trinajstić information content (AvgIpc) is 2.60. The van der Waals surface area contributed by atoms with E-state index >= 15 is 0 Å². The van der Waals surface area contributed by atoms with Crippen LogP contribution < -0.4 is 10.2 Å². The first-order valence-corrected chi connectivity index (χ1v) is 9.46. The molecular formula is C20H32N2O. The molecule has 0 aromatic heterocycles. The van der Waals surface area contributed by atoms with E-state index in [4.69, 9.17) is 0 Å². The molecule has 3 unspecified atom stereocenters. The first-order chi connectivity index (χ1) is 11.3. The number of aliphatic hydroxyl groups excluding tert-OH is 1. The zero-order valence-electron chi connectivity index (χ0n) is 14.5. The molecule has 3 nitrogen and oxygen atoms in total. The van der Waals surface area contributed by atoms with Crippen molar-refractivity contribution < 1.29 is 5.11 Å². The Hall–Kier alpha value is -1.22. The van der Waals surface area contributed by atoms with Crippen LogP contribution in [0.5, 0.6) is 0 Å². The summed E-state index contributed by atoms with van der Waals surface area (Å²) < 4.78 is 0. The molecule has 2 fully saturated rings. The molecule has 23 heavy (non-hydrogen) atoms. The van der Waals surface area contributed by atoms with Gasteiger partial charge in [-0.1, -0.05) is 19.8 Å². The fourth-order valence-electron chi connectivity index (χ4n) is 4.26. The summed E-state index contributed by atoms with van der Waals surface area (Å²) in [5.41, 5.74) is 2.56. The van der Waals surface area contributed by atoms with Gasteiger partial charge in [-0.2, -0.15) is 0 Å². The van der Waals surface area contributed by atoms with Gasteiger partial charge in [0, 0.05) is 37.6 Å². The molecule has 3 heteroatoms. The van der Waals surface area contributed by atoms with Crippen LogP contribution in [-0.2, 0) is 0 Å². The Labute approximate surface area is 141 Å². The number of benzene rings is 1. The summed E-state index contributed by atoms with van der Waals surface area (Å²) in [4.78, 5) is 2.51. The standard InChI is InChI=1S/C20H32N2O/c1-16-5-4-12-22(14-16)20-10-8-19(9-11-20)21-13-17-6-2-3-7-18(17)15-23/h8-11,16-18,21,23H,2-7,12-15H2,1H3. The highest BCUT2D eigenvalue weighted by molar-refractivity contribution is 5.55. The molecule has 0 radical (unpaired) electrons. The summed E-state index contributed by atoms with van der Waals surface area (Å²) in [7, 11) is 0. The Morgan fingerprint density at radius 3 is 2.48 bits per heavy atom. The minimum absolute atomic E-state index is 0.346. The SMILES string of the molecule is CC1CCCN(c2ccc(NCC3CCCCC3CO)cc2)C1. The van der Waals surface area contributed by atoms with E-state index in [1.807, 2.05) is 0 Å². The summed E-state index contributed by atoms with van der Waals surface area (Å²) in [6, 6.07) is 8.94. The lowest BCUT2D eigenvalue weighted by atomic mass is 9.79. The second kappa shape index (κ2) is 8.05. The Kier molecular flexibility index (Phi) is 5.82. The van der Waals surface area contributed by atoms with Gasteiger partial charge in [0.05, 0.1) is 0 Å². The molecule has 3 atom stereocenters. The van der Waals surface area contributed by atoms with Crippen molar-refractivity contribution in [2.24, 2.45) is 17.8 Å². The molecule has 0 bridgehead atoms. The minimum atomic E-state index is 0.346. The van der Waals surface area contributed by atoms with Crippen molar-refractivity contribution in [2.45, 2.75) is 45.4 Å². The van der Waals surface area contributed by atoms with E-state index in [0.29, 0.717) is 18.4 Å². The smallest absolute Gasteiger partial charge is 0.0462 e. The zero-order chi connectivity index (χ0) is 16.1. The van der Waals surface area contributed by atoms with Crippen LogP contribution in [0.4, 0.5) is 11.4 Å². The van der Waals surface area contributed by atoms with Crippen molar-refractivity contribution in [2.75, 3.05) is 36.5 Å². The van der Waals surface area contributed by atoms with Crippen molar-refractivity contribution in [1.29, 1.82) is 0 Å². The maximum atomic E-state index is 9.53. The molecule has 1 saturated carbocycles. The fraction of sp³-hybridized carbons (Fsp3) is 0.700. The van der Waals surface area contributed by atoms with Crippen molar-refractivity contribution in [3.63, 3.8) is 0 Å². The summed E-state index contributed by atoms with van der Waals surface area (Å²) >= 11 is 0. The number of aliphatic hydroxyl groups is 1. The number of anilines is 2. The van der Waals surface area contributed by atoms with E-state index in [1.165, 1.54) is 63.0 Å². The Morgan fingerprint density at radius 1 is 1.04 bits per heavy atom. The topological polar surface area (TPSA) is 35.5 Å². The zero-order valence-corrected chi connectivity index (χ0v) is 14.5. The van der Waals surface area contributed by atoms with Crippen LogP contribution in [0.3, 0.4) is 0 Å². The third-order valence-corrected chi connectivity index (χ3v) is 5.76. The van der Waals surface area contributed by atoms with Gasteiger partial charge < -0.3 is 15.3 Å². The van der Waals surface area contributed by atoms with Crippen molar-refractivity contribution in [1.82, 2.24) is 0 Å². The summed E-state index contributed by atoms with van der Waals surface area (Å²) in [6.45, 7) is 6.07. The maximum absolute atomic E-state index is 9.53. The van der Waals surface area contributed by atoms with Crippen LogP contribution >= 0.6 is 0 Å². The van der Waals surface area contributed by atoms with Gasteiger partial charge in [0.1, 0.15) is 0 Å². The number of nitrogens with one attached hydrogen (secondary N) is 1. The van der Waals surface area contributed by atoms with Gasteiger partial charge in [-0.3, -0.25) is 0 Å². The Balaban J connectivity index is 1.53. The molecule has 2 aliphatic rings. The van der Waals surface area contributed by atoms with E-state index in [0.717, 1.165) is 12.5 Å². The second-order valence-corrected chi connectivity index (χ2v) is 7.61. The summed E-state index contributed by atoms with van der Waals surface area (Å²) in [5.74, 6) is 1.92. The van der Waals surface area contributed by atoms with E-state index in [-0.39, 0.29) is 0 Å². The number of piperidine rings is 1. The molecule has 0 amide bonds. The normalized spacial score (nSPS) is 28.6. The molecule has 1 aliphatic heterocycles. The lowest BCUT2D eigenvalue weighted by molar-refractivity contribution is 0.141. The Bertz CT molecular complexity index is 473. The fourth-order valence-corrected chi connectivity index (χ4v) is 4.26. The first kappa shape index (κ1) is 16.6. The molecule has 1 aliphatic carbocycles. The predicted octanol–water partition coefficient (Wildman–Crippen LogP) is 4.13. The quantitative estimate of drug-likeness (QED) is 0.857. The Morgan fingerprint density at radius 2 is 1.78 bits per heavy atom. The lowest BCUT2D eigenvalue weighted by Gasteiger charge is -2.33. The van der Waals surface area contributed by atoms with Crippen LogP contribution in [-0.4, -0.2) is 31.3 Å². The van der Waals surface area contributed by atoms with Crippen LogP contribution in [0.25, 0.3) is 0 Å². The molecular weight excluding hydrogens is 284 g/mol. The van der Waals surface area contributed by atoms with Gasteiger partial charge in [0.2, 0.25) is 0 Å². The maximum Gasteiger partial charge on any atom is 0.0462 e. The van der Waals surface area contributed by atoms with Crippen LogP contribution in [0.2, 0.25) is 0 Å². The van der Waals surface area contributed by atoms with Crippen LogP contribution in [0.1, 0.15) is 45.4 Å². The molecule has 1 saturated heterocycles. The van der Waals surface area contributed by atoms with Gasteiger partial charge in [0.15, 0.2) is 0 Å². The number of rotatable bonds is 5. The highest BCUT2D eigenvalue weighted by Crippen LogP contribution is 2.30. The highest BCUT2D eigenvalue weighted by Gasteiger charge is 2.24. The van der Waals surface area contributed by atoms with E-state index in [2.05, 4.69) is 41.4 Å². The van der Waals surface area contributed by atoms with Crippen molar-refractivity contribution in [3.8, 4) is 0 Å². The predicted molar refractivity (Wildman–Crippen MR) is 98.1 cm³/mol. The first-order valence-electron chi connectivity index (χ1n) is 9.46. The lowest BCUT2D eigenvalue weighted by Crippen LogP contribution is -2.34. The van der Waals surface area contributed by atoms with Gasteiger partial charge in [-0.05, 0) is 67.7 Å². The number of nitrogens with zero attached hydrogens (tertiary/aromatic N) is 1. The minimum Gasteiger partial charge on any atom is -0.396 e. The molecule has 3 rings (SSSR count). The third kappa shape index (κ3) is 4.41. The van der Waals surface area contributed by atoms with Crippen LogP contribution in [0.15, 0.2) is 24.3 Å². The molecule has 128 valence electrons. The average molecular weight is 316 g/mol. The van der Waals surface area contributed by atoms with Gasteiger partial charge in [0.25, 0.3) is 0 Å². The van der Waals surface area contributed by atoms with Crippen molar-refractivity contribution >= 4 is 11.4 Å². The highest BCUT2D eigenvalue weighted by atomic mass is 16.3. The van der Waals surface area contributed by atoms with Gasteiger partial charge in [-0.25, -0.2) is 0 Å². The molecule has 1 heterocycles. The molecule has 0 spiro atoms. The molecule has 1 aromatic rings. The third-order valence-electron chi connectivity index (χ3n) is 5.76. The van der Waals surface area contributed by atoms with E-state index in [9.17, 15) is 5.11 Å². The number of hydrogen-bond donors (Lipinski definition) is 2.